The minimum absolute atomic E-state index is 0.297. The van der Waals surface area contributed by atoms with Crippen molar-refractivity contribution in [3.05, 3.63) is 10.8 Å². The van der Waals surface area contributed by atoms with Crippen LogP contribution in [-0.2, 0) is 0 Å². The Morgan fingerprint density at radius 1 is 1.44 bits per heavy atom. The summed E-state index contributed by atoms with van der Waals surface area (Å²) < 4.78 is 1.95. The first-order chi connectivity index (χ1) is 8.79. The summed E-state index contributed by atoms with van der Waals surface area (Å²) in [7, 11) is 0. The molecule has 1 aliphatic rings. The van der Waals surface area contributed by atoms with Gasteiger partial charge >= 0.3 is 0 Å². The minimum Gasteiger partial charge on any atom is -0.308 e. The molecule has 0 aromatic carbocycles. The Bertz CT molecular complexity index is 528. The van der Waals surface area contributed by atoms with Crippen molar-refractivity contribution in [2.24, 2.45) is 0 Å². The van der Waals surface area contributed by atoms with Crippen LogP contribution in [0.3, 0.4) is 0 Å². The third-order valence-corrected chi connectivity index (χ3v) is 4.65. The second-order valence-corrected chi connectivity index (χ2v) is 5.98. The lowest BCUT2D eigenvalue weighted by Gasteiger charge is -2.22. The smallest absolute Gasteiger partial charge is 0.234 e. The quantitative estimate of drug-likeness (QED) is 0.902. The second kappa shape index (κ2) is 4.93. The van der Waals surface area contributed by atoms with Gasteiger partial charge in [0.1, 0.15) is 5.01 Å². The standard InChI is InChI=1S/C12H19N5S/c1-3-7-13-8(2)11-16-17-10(9-5-4-6-9)14-15-12(17)18-11/h8-9,13H,3-7H2,1-2H3. The van der Waals surface area contributed by atoms with Gasteiger partial charge < -0.3 is 5.32 Å². The van der Waals surface area contributed by atoms with Gasteiger partial charge in [-0.3, -0.25) is 0 Å². The van der Waals surface area contributed by atoms with Gasteiger partial charge in [0.2, 0.25) is 4.96 Å². The van der Waals surface area contributed by atoms with Crippen LogP contribution in [0.5, 0.6) is 0 Å². The Hall–Kier alpha value is -1.01. The SMILES string of the molecule is CCCNC(C)c1nn2c(C3CCC3)nnc2s1. The number of nitrogens with zero attached hydrogens (tertiary/aromatic N) is 4. The molecule has 5 nitrogen and oxygen atoms in total. The van der Waals surface area contributed by atoms with Crippen LogP contribution < -0.4 is 5.32 Å². The van der Waals surface area contributed by atoms with E-state index in [1.165, 1.54) is 19.3 Å². The van der Waals surface area contributed by atoms with Crippen molar-refractivity contribution in [2.45, 2.75) is 51.5 Å². The lowest BCUT2D eigenvalue weighted by Crippen LogP contribution is -2.19. The van der Waals surface area contributed by atoms with Crippen LogP contribution in [0.1, 0.15) is 62.3 Å². The third kappa shape index (κ3) is 2.03. The molecule has 1 aliphatic carbocycles. The van der Waals surface area contributed by atoms with Gasteiger partial charge in [0, 0.05) is 5.92 Å². The fraction of sp³-hybridized carbons (Fsp3) is 0.750. The van der Waals surface area contributed by atoms with E-state index >= 15 is 0 Å². The van der Waals surface area contributed by atoms with E-state index in [4.69, 9.17) is 0 Å². The van der Waals surface area contributed by atoms with Gasteiger partial charge in [-0.05, 0) is 32.7 Å². The molecule has 0 spiro atoms. The number of hydrogen-bond acceptors (Lipinski definition) is 5. The van der Waals surface area contributed by atoms with E-state index < -0.39 is 0 Å². The minimum atomic E-state index is 0.297. The van der Waals surface area contributed by atoms with Crippen molar-refractivity contribution < 1.29 is 0 Å². The van der Waals surface area contributed by atoms with E-state index in [2.05, 4.69) is 34.5 Å². The highest BCUT2D eigenvalue weighted by Gasteiger charge is 2.26. The zero-order valence-corrected chi connectivity index (χ0v) is 11.7. The van der Waals surface area contributed by atoms with E-state index in [1.807, 2.05) is 4.52 Å². The lowest BCUT2D eigenvalue weighted by molar-refractivity contribution is 0.394. The predicted octanol–water partition coefficient (Wildman–Crippen LogP) is 2.51. The van der Waals surface area contributed by atoms with Crippen molar-refractivity contribution in [3.63, 3.8) is 0 Å². The molecule has 2 heterocycles. The average Bonchev–Trinajstić information content (AvgIpc) is 2.85. The fourth-order valence-electron chi connectivity index (χ4n) is 2.19. The first kappa shape index (κ1) is 12.0. The van der Waals surface area contributed by atoms with Crippen LogP contribution in [0.2, 0.25) is 0 Å². The number of fused-ring (bicyclic) bond motifs is 1. The van der Waals surface area contributed by atoms with Crippen LogP contribution in [0, 0.1) is 0 Å². The molecule has 1 N–H and O–H groups in total. The number of rotatable bonds is 5. The van der Waals surface area contributed by atoms with Gasteiger partial charge in [0.25, 0.3) is 0 Å². The van der Waals surface area contributed by atoms with Crippen molar-refractivity contribution in [3.8, 4) is 0 Å². The van der Waals surface area contributed by atoms with E-state index in [0.717, 1.165) is 28.8 Å². The summed E-state index contributed by atoms with van der Waals surface area (Å²) in [5, 5.41) is 17.8. The highest BCUT2D eigenvalue weighted by atomic mass is 32.1. The Morgan fingerprint density at radius 2 is 2.28 bits per heavy atom. The monoisotopic (exact) mass is 265 g/mol. The normalized spacial score (nSPS) is 18.1. The van der Waals surface area contributed by atoms with Gasteiger partial charge in [0.05, 0.1) is 6.04 Å². The van der Waals surface area contributed by atoms with Gasteiger partial charge in [-0.1, -0.05) is 24.7 Å². The lowest BCUT2D eigenvalue weighted by atomic mass is 9.85. The molecular formula is C12H19N5S. The van der Waals surface area contributed by atoms with E-state index in [9.17, 15) is 0 Å². The number of hydrogen-bond donors (Lipinski definition) is 1. The van der Waals surface area contributed by atoms with Gasteiger partial charge in [0.15, 0.2) is 5.82 Å². The molecule has 0 radical (unpaired) electrons. The Kier molecular flexibility index (Phi) is 3.30. The molecule has 2 aromatic rings. The van der Waals surface area contributed by atoms with Crippen molar-refractivity contribution in [1.29, 1.82) is 0 Å². The maximum atomic E-state index is 4.68. The molecule has 2 aromatic heterocycles. The molecule has 3 rings (SSSR count). The first-order valence-electron chi connectivity index (χ1n) is 6.75. The average molecular weight is 265 g/mol. The molecule has 1 unspecified atom stereocenters. The summed E-state index contributed by atoms with van der Waals surface area (Å²) in [5.74, 6) is 1.63. The van der Waals surface area contributed by atoms with Crippen molar-refractivity contribution in [1.82, 2.24) is 25.1 Å². The largest absolute Gasteiger partial charge is 0.308 e. The fourth-order valence-corrected chi connectivity index (χ4v) is 3.06. The van der Waals surface area contributed by atoms with Crippen LogP contribution in [0.4, 0.5) is 0 Å². The maximum Gasteiger partial charge on any atom is 0.234 e. The van der Waals surface area contributed by atoms with Crippen LogP contribution in [0.25, 0.3) is 4.96 Å². The molecule has 0 saturated heterocycles. The van der Waals surface area contributed by atoms with Crippen LogP contribution >= 0.6 is 11.3 Å². The molecule has 1 atom stereocenters. The summed E-state index contributed by atoms with van der Waals surface area (Å²) in [6.07, 6.45) is 4.92. The Labute approximate surface area is 111 Å². The summed E-state index contributed by atoms with van der Waals surface area (Å²) in [6, 6.07) is 0.297. The molecule has 0 aliphatic heterocycles. The molecule has 0 amide bonds. The summed E-state index contributed by atoms with van der Waals surface area (Å²) in [5.41, 5.74) is 0. The number of nitrogens with one attached hydrogen (secondary N) is 1. The Morgan fingerprint density at radius 3 is 2.94 bits per heavy atom. The van der Waals surface area contributed by atoms with Gasteiger partial charge in [-0.15, -0.1) is 10.2 Å². The molecule has 6 heteroatoms. The zero-order chi connectivity index (χ0) is 12.5. The van der Waals surface area contributed by atoms with Gasteiger partial charge in [-0.25, -0.2) is 0 Å². The predicted molar refractivity (Wildman–Crippen MR) is 72.0 cm³/mol. The van der Waals surface area contributed by atoms with Gasteiger partial charge in [-0.2, -0.15) is 9.61 Å². The second-order valence-electron chi connectivity index (χ2n) is 5.00. The molecular weight excluding hydrogens is 246 g/mol. The summed E-state index contributed by atoms with van der Waals surface area (Å²) in [6.45, 7) is 5.36. The molecule has 1 saturated carbocycles. The van der Waals surface area contributed by atoms with Crippen LogP contribution in [-0.4, -0.2) is 26.4 Å². The van der Waals surface area contributed by atoms with E-state index in [-0.39, 0.29) is 0 Å². The number of aromatic nitrogens is 4. The first-order valence-corrected chi connectivity index (χ1v) is 7.56. The highest BCUT2D eigenvalue weighted by Crippen LogP contribution is 2.36. The van der Waals surface area contributed by atoms with E-state index in [1.54, 1.807) is 11.3 Å². The maximum absolute atomic E-state index is 4.68. The third-order valence-electron chi connectivity index (χ3n) is 3.57. The Balaban J connectivity index is 1.84. The zero-order valence-electron chi connectivity index (χ0n) is 10.9. The van der Waals surface area contributed by atoms with Crippen molar-refractivity contribution in [2.75, 3.05) is 6.54 Å². The molecule has 1 fully saturated rings. The molecule has 98 valence electrons. The summed E-state index contributed by atoms with van der Waals surface area (Å²) in [4.78, 5) is 0.928. The molecule has 18 heavy (non-hydrogen) atoms. The van der Waals surface area contributed by atoms with E-state index in [0.29, 0.717) is 12.0 Å². The molecule has 0 bridgehead atoms. The summed E-state index contributed by atoms with van der Waals surface area (Å²) >= 11 is 1.64. The topological polar surface area (TPSA) is 55.1 Å². The van der Waals surface area contributed by atoms with Crippen LogP contribution in [0.15, 0.2) is 0 Å². The van der Waals surface area contributed by atoms with Crippen molar-refractivity contribution >= 4 is 16.3 Å². The highest BCUT2D eigenvalue weighted by molar-refractivity contribution is 7.16.